The molecular formula is C13H17NO3. The van der Waals surface area contributed by atoms with Crippen LogP contribution >= 0.6 is 0 Å². The van der Waals surface area contributed by atoms with Crippen LogP contribution < -0.4 is 0 Å². The maximum atomic E-state index is 11.9. The lowest BCUT2D eigenvalue weighted by Gasteiger charge is -2.20. The summed E-state index contributed by atoms with van der Waals surface area (Å²) in [5.41, 5.74) is 0.271. The van der Waals surface area contributed by atoms with Gasteiger partial charge in [-0.25, -0.2) is 4.79 Å². The van der Waals surface area contributed by atoms with E-state index >= 15 is 0 Å². The Kier molecular flexibility index (Phi) is 3.99. The number of nitrogens with zero attached hydrogens (tertiary/aromatic N) is 1. The first-order valence-corrected chi connectivity index (χ1v) is 5.46. The molecule has 0 saturated heterocycles. The minimum Gasteiger partial charge on any atom is -0.456 e. The van der Waals surface area contributed by atoms with Gasteiger partial charge in [-0.05, 0) is 39.8 Å². The van der Waals surface area contributed by atoms with E-state index in [9.17, 15) is 9.59 Å². The van der Waals surface area contributed by atoms with E-state index in [0.29, 0.717) is 11.3 Å². The molecule has 0 aliphatic rings. The maximum Gasteiger partial charge on any atom is 0.340 e. The molecule has 1 rings (SSSR count). The molecule has 0 unspecified atom stereocenters. The molecule has 17 heavy (non-hydrogen) atoms. The van der Waals surface area contributed by atoms with E-state index in [1.54, 1.807) is 39.1 Å². The predicted octanol–water partition coefficient (Wildman–Crippen LogP) is 2.17. The van der Waals surface area contributed by atoms with E-state index in [4.69, 9.17) is 4.74 Å². The Bertz CT molecular complexity index is 433. The molecule has 4 heteroatoms. The molecule has 0 aliphatic carbocycles. The van der Waals surface area contributed by atoms with E-state index < -0.39 is 11.6 Å². The number of hydrogen-bond donors (Lipinski definition) is 0. The van der Waals surface area contributed by atoms with Gasteiger partial charge in [0.25, 0.3) is 0 Å². The average Bonchev–Trinajstić information content (AvgIpc) is 2.14. The molecule has 92 valence electrons. The van der Waals surface area contributed by atoms with Crippen molar-refractivity contribution in [2.75, 3.05) is 0 Å². The van der Waals surface area contributed by atoms with Gasteiger partial charge >= 0.3 is 5.97 Å². The maximum absolute atomic E-state index is 11.9. The number of rotatable bonds is 3. The normalized spacial score (nSPS) is 11.1. The van der Waals surface area contributed by atoms with Crippen molar-refractivity contribution in [2.45, 2.75) is 39.7 Å². The monoisotopic (exact) mass is 235 g/mol. The van der Waals surface area contributed by atoms with Crippen LogP contribution in [0.5, 0.6) is 0 Å². The van der Waals surface area contributed by atoms with Crippen LogP contribution in [0.3, 0.4) is 0 Å². The summed E-state index contributed by atoms with van der Waals surface area (Å²) in [6, 6.07) is 3.28. The summed E-state index contributed by atoms with van der Waals surface area (Å²) in [5.74, 6) is -0.477. The molecule has 0 bridgehead atoms. The van der Waals surface area contributed by atoms with E-state index in [2.05, 4.69) is 4.98 Å². The molecule has 0 fully saturated rings. The second kappa shape index (κ2) is 5.08. The Balaban J connectivity index is 2.97. The van der Waals surface area contributed by atoms with Crippen molar-refractivity contribution in [3.63, 3.8) is 0 Å². The lowest BCUT2D eigenvalue weighted by Crippen LogP contribution is -2.25. The molecule has 1 heterocycles. The number of ketones is 1. The average molecular weight is 235 g/mol. The smallest absolute Gasteiger partial charge is 0.340 e. The van der Waals surface area contributed by atoms with Gasteiger partial charge in [0.15, 0.2) is 0 Å². The minimum atomic E-state index is -0.555. The summed E-state index contributed by atoms with van der Waals surface area (Å²) in [6.45, 7) is 6.86. The molecular weight excluding hydrogens is 218 g/mol. The zero-order valence-electron chi connectivity index (χ0n) is 10.6. The highest BCUT2D eigenvalue weighted by Gasteiger charge is 2.21. The number of aromatic nitrogens is 1. The number of carbonyl (C=O) groups excluding carboxylic acids is 2. The summed E-state index contributed by atoms with van der Waals surface area (Å²) in [6.07, 6.45) is 1.71. The Morgan fingerprint density at radius 3 is 2.53 bits per heavy atom. The fourth-order valence-corrected chi connectivity index (χ4v) is 1.33. The zero-order chi connectivity index (χ0) is 13.1. The van der Waals surface area contributed by atoms with Crippen molar-refractivity contribution in [3.8, 4) is 0 Å². The first kappa shape index (κ1) is 13.4. The lowest BCUT2D eigenvalue weighted by molar-refractivity contribution is -0.116. The summed E-state index contributed by atoms with van der Waals surface area (Å²) in [5, 5.41) is 0. The van der Waals surface area contributed by atoms with Crippen LogP contribution in [0.25, 0.3) is 0 Å². The van der Waals surface area contributed by atoms with Crippen molar-refractivity contribution in [2.24, 2.45) is 0 Å². The highest BCUT2D eigenvalue weighted by Crippen LogP contribution is 2.14. The SMILES string of the molecule is CC(=O)Cc1ncccc1C(=O)OC(C)(C)C. The molecule has 0 saturated carbocycles. The number of Topliss-reactive ketones (excluding diaryl/α,β-unsaturated/α-hetero) is 1. The molecule has 0 radical (unpaired) electrons. The van der Waals surface area contributed by atoms with Crippen LogP contribution in [0.4, 0.5) is 0 Å². The first-order valence-electron chi connectivity index (χ1n) is 5.46. The van der Waals surface area contributed by atoms with Gasteiger partial charge in [-0.15, -0.1) is 0 Å². The molecule has 1 aromatic rings. The fraction of sp³-hybridized carbons (Fsp3) is 0.462. The number of hydrogen-bond acceptors (Lipinski definition) is 4. The standard InChI is InChI=1S/C13H17NO3/c1-9(15)8-11-10(6-5-7-14-11)12(16)17-13(2,3)4/h5-7H,8H2,1-4H3. The van der Waals surface area contributed by atoms with E-state index in [1.807, 2.05) is 0 Å². The Hall–Kier alpha value is -1.71. The number of ether oxygens (including phenoxy) is 1. The third kappa shape index (κ3) is 4.34. The van der Waals surface area contributed by atoms with Crippen LogP contribution in [0.2, 0.25) is 0 Å². The third-order valence-electron chi connectivity index (χ3n) is 1.93. The van der Waals surface area contributed by atoms with Crippen molar-refractivity contribution in [1.29, 1.82) is 0 Å². The van der Waals surface area contributed by atoms with E-state index in [-0.39, 0.29) is 12.2 Å². The highest BCUT2D eigenvalue weighted by atomic mass is 16.6. The molecule has 0 aromatic carbocycles. The van der Waals surface area contributed by atoms with Crippen molar-refractivity contribution in [3.05, 3.63) is 29.6 Å². The van der Waals surface area contributed by atoms with Crippen molar-refractivity contribution < 1.29 is 14.3 Å². The molecule has 1 aromatic heterocycles. The van der Waals surface area contributed by atoms with E-state index in [0.717, 1.165) is 0 Å². The fourth-order valence-electron chi connectivity index (χ4n) is 1.33. The van der Waals surface area contributed by atoms with Crippen molar-refractivity contribution in [1.82, 2.24) is 4.98 Å². The van der Waals surface area contributed by atoms with Gasteiger partial charge < -0.3 is 4.74 Å². The zero-order valence-corrected chi connectivity index (χ0v) is 10.6. The molecule has 0 aliphatic heterocycles. The van der Waals surface area contributed by atoms with Crippen LogP contribution in [0.1, 0.15) is 43.7 Å². The van der Waals surface area contributed by atoms with Gasteiger partial charge in [-0.1, -0.05) is 0 Å². The topological polar surface area (TPSA) is 56.3 Å². The van der Waals surface area contributed by atoms with Gasteiger partial charge in [0.2, 0.25) is 0 Å². The molecule has 0 spiro atoms. The molecule has 0 N–H and O–H groups in total. The largest absolute Gasteiger partial charge is 0.456 e. The van der Waals surface area contributed by atoms with Crippen molar-refractivity contribution >= 4 is 11.8 Å². The summed E-state index contributed by atoms with van der Waals surface area (Å²) >= 11 is 0. The summed E-state index contributed by atoms with van der Waals surface area (Å²) in [7, 11) is 0. The van der Waals surface area contributed by atoms with Gasteiger partial charge in [-0.2, -0.15) is 0 Å². The first-order chi connectivity index (χ1) is 7.79. The number of esters is 1. The minimum absolute atomic E-state index is 0.0338. The Labute approximate surface area is 101 Å². The van der Waals surface area contributed by atoms with Crippen LogP contribution in [0, 0.1) is 0 Å². The molecule has 4 nitrogen and oxygen atoms in total. The molecule has 0 amide bonds. The highest BCUT2D eigenvalue weighted by molar-refractivity contribution is 5.92. The lowest BCUT2D eigenvalue weighted by atomic mass is 10.1. The molecule has 0 atom stereocenters. The van der Waals surface area contributed by atoms with Crippen LogP contribution in [-0.4, -0.2) is 22.3 Å². The Morgan fingerprint density at radius 2 is 2.00 bits per heavy atom. The number of carbonyl (C=O) groups is 2. The second-order valence-electron chi connectivity index (χ2n) is 4.88. The van der Waals surface area contributed by atoms with Gasteiger partial charge in [-0.3, -0.25) is 9.78 Å². The van der Waals surface area contributed by atoms with Crippen LogP contribution in [-0.2, 0) is 16.0 Å². The van der Waals surface area contributed by atoms with E-state index in [1.165, 1.54) is 6.92 Å². The Morgan fingerprint density at radius 1 is 1.35 bits per heavy atom. The van der Waals surface area contributed by atoms with Gasteiger partial charge in [0, 0.05) is 12.6 Å². The summed E-state index contributed by atoms with van der Waals surface area (Å²) in [4.78, 5) is 27.0. The second-order valence-corrected chi connectivity index (χ2v) is 4.88. The van der Waals surface area contributed by atoms with Gasteiger partial charge in [0.05, 0.1) is 11.3 Å². The van der Waals surface area contributed by atoms with Gasteiger partial charge in [0.1, 0.15) is 11.4 Å². The predicted molar refractivity (Wildman–Crippen MR) is 63.8 cm³/mol. The summed E-state index contributed by atoms with van der Waals surface area (Å²) < 4.78 is 5.26. The third-order valence-corrected chi connectivity index (χ3v) is 1.93. The van der Waals surface area contributed by atoms with Crippen LogP contribution in [0.15, 0.2) is 18.3 Å². The number of pyridine rings is 1. The quantitative estimate of drug-likeness (QED) is 0.753.